The van der Waals surface area contributed by atoms with Gasteiger partial charge in [-0.05, 0) is 35.6 Å². The van der Waals surface area contributed by atoms with E-state index in [1.807, 2.05) is 17.4 Å². The van der Waals surface area contributed by atoms with E-state index in [2.05, 4.69) is 21.7 Å². The molecule has 2 aromatic heterocycles. The highest BCUT2D eigenvalue weighted by molar-refractivity contribution is 7.18. The number of hydrogen-bond donors (Lipinski definition) is 1. The Bertz CT molecular complexity index is 747. The normalized spacial score (nSPS) is 18.7. The SMILES string of the molecule is Fc1ccc2sc(C3NCCc4sccc43)nc2c1. The summed E-state index contributed by atoms with van der Waals surface area (Å²) in [5.74, 6) is -0.225. The quantitative estimate of drug-likeness (QED) is 0.738. The summed E-state index contributed by atoms with van der Waals surface area (Å²) in [5.41, 5.74) is 2.08. The first-order valence-corrected chi connectivity index (χ1v) is 7.86. The molecule has 96 valence electrons. The Morgan fingerprint density at radius 1 is 1.32 bits per heavy atom. The third-order valence-electron chi connectivity index (χ3n) is 3.40. The number of rotatable bonds is 1. The zero-order valence-electron chi connectivity index (χ0n) is 10.0. The van der Waals surface area contributed by atoms with Crippen molar-refractivity contribution in [1.82, 2.24) is 10.3 Å². The van der Waals surface area contributed by atoms with Crippen molar-refractivity contribution in [3.05, 3.63) is 50.9 Å². The maximum Gasteiger partial charge on any atom is 0.125 e. The Labute approximate surface area is 117 Å². The highest BCUT2D eigenvalue weighted by atomic mass is 32.1. The van der Waals surface area contributed by atoms with Gasteiger partial charge in [0.1, 0.15) is 10.8 Å². The first-order valence-electron chi connectivity index (χ1n) is 6.17. The zero-order valence-corrected chi connectivity index (χ0v) is 11.7. The van der Waals surface area contributed by atoms with Crippen LogP contribution in [0.5, 0.6) is 0 Å². The summed E-state index contributed by atoms with van der Waals surface area (Å²) in [7, 11) is 0. The molecule has 3 heterocycles. The molecule has 0 spiro atoms. The largest absolute Gasteiger partial charge is 0.304 e. The number of hydrogen-bond acceptors (Lipinski definition) is 4. The van der Waals surface area contributed by atoms with Gasteiger partial charge in [0, 0.05) is 17.5 Å². The lowest BCUT2D eigenvalue weighted by Crippen LogP contribution is -2.29. The minimum absolute atomic E-state index is 0.162. The third kappa shape index (κ3) is 1.89. The van der Waals surface area contributed by atoms with Crippen molar-refractivity contribution in [2.75, 3.05) is 6.54 Å². The molecule has 1 atom stereocenters. The third-order valence-corrected chi connectivity index (χ3v) is 5.50. The number of thiazole rings is 1. The number of halogens is 1. The lowest BCUT2D eigenvalue weighted by molar-refractivity contribution is 0.573. The van der Waals surface area contributed by atoms with Crippen molar-refractivity contribution in [2.45, 2.75) is 12.5 Å². The summed E-state index contributed by atoms with van der Waals surface area (Å²) in [6.45, 7) is 0.975. The molecule has 3 aromatic rings. The van der Waals surface area contributed by atoms with Gasteiger partial charge >= 0.3 is 0 Å². The monoisotopic (exact) mass is 290 g/mol. The molecular weight excluding hydrogens is 279 g/mol. The maximum absolute atomic E-state index is 13.2. The minimum Gasteiger partial charge on any atom is -0.304 e. The maximum atomic E-state index is 13.2. The molecule has 0 radical (unpaired) electrons. The Morgan fingerprint density at radius 3 is 3.21 bits per heavy atom. The molecule has 5 heteroatoms. The molecule has 1 aliphatic heterocycles. The van der Waals surface area contributed by atoms with E-state index in [0.717, 1.165) is 28.2 Å². The molecule has 2 nitrogen and oxygen atoms in total. The van der Waals surface area contributed by atoms with E-state index in [4.69, 9.17) is 0 Å². The average Bonchev–Trinajstić information content (AvgIpc) is 3.03. The Morgan fingerprint density at radius 2 is 2.26 bits per heavy atom. The lowest BCUT2D eigenvalue weighted by atomic mass is 10.0. The van der Waals surface area contributed by atoms with Gasteiger partial charge in [-0.1, -0.05) is 0 Å². The molecule has 1 unspecified atom stereocenters. The van der Waals surface area contributed by atoms with E-state index in [1.165, 1.54) is 22.6 Å². The average molecular weight is 290 g/mol. The second-order valence-corrected chi connectivity index (χ2v) is 6.66. The molecule has 1 aromatic carbocycles. The van der Waals surface area contributed by atoms with Gasteiger partial charge in [0.05, 0.1) is 16.3 Å². The van der Waals surface area contributed by atoms with Gasteiger partial charge < -0.3 is 5.32 Å². The van der Waals surface area contributed by atoms with Gasteiger partial charge in [-0.15, -0.1) is 22.7 Å². The van der Waals surface area contributed by atoms with Gasteiger partial charge in [0.15, 0.2) is 0 Å². The highest BCUT2D eigenvalue weighted by Crippen LogP contribution is 2.35. The van der Waals surface area contributed by atoms with Crippen molar-refractivity contribution in [3.8, 4) is 0 Å². The number of fused-ring (bicyclic) bond motifs is 2. The lowest BCUT2D eigenvalue weighted by Gasteiger charge is -2.22. The van der Waals surface area contributed by atoms with E-state index in [1.54, 1.807) is 11.3 Å². The van der Waals surface area contributed by atoms with Crippen LogP contribution in [0.15, 0.2) is 29.6 Å². The van der Waals surface area contributed by atoms with E-state index in [-0.39, 0.29) is 11.9 Å². The van der Waals surface area contributed by atoms with Crippen LogP contribution in [0.1, 0.15) is 21.5 Å². The zero-order chi connectivity index (χ0) is 12.8. The molecule has 19 heavy (non-hydrogen) atoms. The molecule has 1 N–H and O–H groups in total. The summed E-state index contributed by atoms with van der Waals surface area (Å²) in [6, 6.07) is 7.14. The molecule has 0 amide bonds. The number of benzene rings is 1. The van der Waals surface area contributed by atoms with E-state index in [0.29, 0.717) is 0 Å². The number of nitrogens with one attached hydrogen (secondary N) is 1. The number of nitrogens with zero attached hydrogens (tertiary/aromatic N) is 1. The van der Waals surface area contributed by atoms with Gasteiger partial charge in [0.25, 0.3) is 0 Å². The van der Waals surface area contributed by atoms with Gasteiger partial charge in [-0.3, -0.25) is 0 Å². The van der Waals surface area contributed by atoms with Gasteiger partial charge in [-0.2, -0.15) is 0 Å². The molecule has 0 bridgehead atoms. The fourth-order valence-electron chi connectivity index (χ4n) is 2.51. The number of aromatic nitrogens is 1. The summed E-state index contributed by atoms with van der Waals surface area (Å²) < 4.78 is 14.3. The summed E-state index contributed by atoms with van der Waals surface area (Å²) in [5, 5.41) is 6.68. The van der Waals surface area contributed by atoms with Gasteiger partial charge in [-0.25, -0.2) is 9.37 Å². The van der Waals surface area contributed by atoms with Crippen molar-refractivity contribution < 1.29 is 4.39 Å². The van der Waals surface area contributed by atoms with Crippen LogP contribution in [0.25, 0.3) is 10.2 Å². The predicted molar refractivity (Wildman–Crippen MR) is 77.4 cm³/mol. The first kappa shape index (κ1) is 11.5. The Kier molecular flexibility index (Phi) is 2.65. The van der Waals surface area contributed by atoms with E-state index < -0.39 is 0 Å². The molecule has 4 rings (SSSR count). The van der Waals surface area contributed by atoms with Crippen molar-refractivity contribution in [3.63, 3.8) is 0 Å². The molecule has 0 saturated carbocycles. The topological polar surface area (TPSA) is 24.9 Å². The fourth-order valence-corrected chi connectivity index (χ4v) is 4.48. The second kappa shape index (κ2) is 4.37. The summed E-state index contributed by atoms with van der Waals surface area (Å²) >= 11 is 3.45. The van der Waals surface area contributed by atoms with Crippen molar-refractivity contribution in [2.24, 2.45) is 0 Å². The van der Waals surface area contributed by atoms with Crippen LogP contribution in [0.2, 0.25) is 0 Å². The second-order valence-electron chi connectivity index (χ2n) is 4.60. The Balaban J connectivity index is 1.83. The van der Waals surface area contributed by atoms with E-state index in [9.17, 15) is 4.39 Å². The first-order chi connectivity index (χ1) is 9.31. The van der Waals surface area contributed by atoms with Crippen LogP contribution in [0, 0.1) is 5.82 Å². The Hall–Kier alpha value is -1.30. The van der Waals surface area contributed by atoms with E-state index >= 15 is 0 Å². The molecular formula is C14H11FN2S2. The van der Waals surface area contributed by atoms with Crippen molar-refractivity contribution in [1.29, 1.82) is 0 Å². The van der Waals surface area contributed by atoms with Crippen LogP contribution in [0.3, 0.4) is 0 Å². The minimum atomic E-state index is -0.225. The summed E-state index contributed by atoms with van der Waals surface area (Å²) in [4.78, 5) is 6.04. The number of thiophene rings is 1. The van der Waals surface area contributed by atoms with Crippen LogP contribution in [-0.4, -0.2) is 11.5 Å². The summed E-state index contributed by atoms with van der Waals surface area (Å²) in [6.07, 6.45) is 1.09. The van der Waals surface area contributed by atoms with Crippen LogP contribution in [-0.2, 0) is 6.42 Å². The predicted octanol–water partition coefficient (Wildman–Crippen LogP) is 3.73. The standard InChI is InChI=1S/C14H11FN2S2/c15-8-1-2-12-10(7-8)17-14(19-12)13-9-4-6-18-11(9)3-5-16-13/h1-2,4,6-7,13,16H,3,5H2. The van der Waals surface area contributed by atoms with Gasteiger partial charge in [0.2, 0.25) is 0 Å². The molecule has 1 aliphatic rings. The van der Waals surface area contributed by atoms with Crippen LogP contribution < -0.4 is 5.32 Å². The molecule has 0 fully saturated rings. The highest BCUT2D eigenvalue weighted by Gasteiger charge is 2.24. The van der Waals surface area contributed by atoms with Crippen molar-refractivity contribution >= 4 is 32.9 Å². The fraction of sp³-hybridized carbons (Fsp3) is 0.214. The molecule has 0 saturated heterocycles. The molecule has 0 aliphatic carbocycles. The van der Waals surface area contributed by atoms with Crippen LogP contribution in [0.4, 0.5) is 4.39 Å². The van der Waals surface area contributed by atoms with Crippen LogP contribution >= 0.6 is 22.7 Å². The smallest absolute Gasteiger partial charge is 0.125 e.